The van der Waals surface area contributed by atoms with Crippen molar-refractivity contribution in [3.8, 4) is 0 Å². The normalized spacial score (nSPS) is 14.5. The quantitative estimate of drug-likeness (QED) is 0.0178. The van der Waals surface area contributed by atoms with E-state index in [9.17, 15) is 0 Å². The summed E-state index contributed by atoms with van der Waals surface area (Å²) in [6, 6.07) is 3.99. The minimum absolute atomic E-state index is 0.303. The van der Waals surface area contributed by atoms with Crippen LogP contribution in [0.5, 0.6) is 0 Å². The van der Waals surface area contributed by atoms with Crippen LogP contribution in [0, 0.1) is 0 Å². The number of thiol groups is 1. The van der Waals surface area contributed by atoms with E-state index in [1.807, 2.05) is 0 Å². The summed E-state index contributed by atoms with van der Waals surface area (Å²) in [4.78, 5) is 9.98. The Morgan fingerprint density at radius 1 is 0.588 bits per heavy atom. The van der Waals surface area contributed by atoms with Crippen LogP contribution in [0.25, 0.3) is 0 Å². The summed E-state index contributed by atoms with van der Waals surface area (Å²) in [5.74, 6) is 0.838. The number of nitrogens with two attached hydrogens (primary N) is 2. The first-order chi connectivity index (χ1) is 24.2. The minimum Gasteiger partial charge on any atom is -0.398 e. The van der Waals surface area contributed by atoms with E-state index in [0.29, 0.717) is 25.8 Å². The van der Waals surface area contributed by atoms with Crippen molar-refractivity contribution >= 4 is 46.9 Å². The van der Waals surface area contributed by atoms with Crippen LogP contribution in [0.15, 0.2) is 0 Å². The zero-order valence-corrected chi connectivity index (χ0v) is 39.3. The van der Waals surface area contributed by atoms with Crippen LogP contribution in [0.4, 0.5) is 0 Å². The molecule has 312 valence electrons. The second-order valence-corrected chi connectivity index (χ2v) is 28.8. The summed E-state index contributed by atoms with van der Waals surface area (Å²) in [6.45, 7) is 16.3. The molecule has 51 heavy (non-hydrogen) atoms. The van der Waals surface area contributed by atoms with Crippen LogP contribution in [0.2, 0.25) is 50.4 Å². The van der Waals surface area contributed by atoms with Gasteiger partial charge in [0.2, 0.25) is 0 Å². The third-order valence-electron chi connectivity index (χ3n) is 7.73. The van der Waals surface area contributed by atoms with Gasteiger partial charge in [-0.25, -0.2) is 9.78 Å². The topological polar surface area (TPSA) is 181 Å². The molecular weight excluding hydrogens is 749 g/mol. The molecule has 1 atom stereocenters. The Balaban J connectivity index is -0.000000604. The van der Waals surface area contributed by atoms with E-state index in [2.05, 4.69) is 49.5 Å². The van der Waals surface area contributed by atoms with Gasteiger partial charge in [-0.2, -0.15) is 12.6 Å². The van der Waals surface area contributed by atoms with Crippen molar-refractivity contribution in [3.05, 3.63) is 0 Å². The van der Waals surface area contributed by atoms with E-state index in [1.165, 1.54) is 6.04 Å². The zero-order valence-electron chi connectivity index (χ0n) is 34.4. The Kier molecular flexibility index (Phi) is 39.8. The van der Waals surface area contributed by atoms with Crippen molar-refractivity contribution in [1.82, 2.24) is 10.6 Å². The monoisotopic (exact) mass is 828 g/mol. The van der Waals surface area contributed by atoms with Gasteiger partial charge in [-0.3, -0.25) is 0 Å². The van der Waals surface area contributed by atoms with E-state index in [-0.39, 0.29) is 0 Å². The molecule has 0 aliphatic carbocycles. The smallest absolute Gasteiger partial charge is 0.398 e. The Morgan fingerprint density at radius 2 is 1.02 bits per heavy atom. The molecule has 0 aromatic rings. The highest BCUT2D eigenvalue weighted by molar-refractivity contribution is 7.80. The first kappa shape index (κ1) is 56.0. The lowest BCUT2D eigenvalue weighted by molar-refractivity contribution is -0.295. The minimum atomic E-state index is -2.35. The number of hydrogen-bond donors (Lipinski definition) is 5. The van der Waals surface area contributed by atoms with Gasteiger partial charge in [-0.1, -0.05) is 25.7 Å². The van der Waals surface area contributed by atoms with Crippen molar-refractivity contribution in [2.24, 2.45) is 11.5 Å². The number of epoxide rings is 1. The van der Waals surface area contributed by atoms with Crippen molar-refractivity contribution in [1.29, 1.82) is 0 Å². The fourth-order valence-electron chi connectivity index (χ4n) is 4.12. The summed E-state index contributed by atoms with van der Waals surface area (Å²) < 4.78 is 47.1. The molecule has 15 nitrogen and oxygen atoms in total. The van der Waals surface area contributed by atoms with Crippen LogP contribution in [-0.2, 0) is 49.9 Å². The fourth-order valence-corrected chi connectivity index (χ4v) is 10.6. The summed E-state index contributed by atoms with van der Waals surface area (Å²) in [5, 5.41) is 6.45. The molecule has 0 radical (unpaired) electrons. The van der Waals surface area contributed by atoms with Gasteiger partial charge in [0, 0.05) is 103 Å². The molecule has 1 unspecified atom stereocenters. The van der Waals surface area contributed by atoms with Crippen molar-refractivity contribution in [2.75, 3.05) is 122 Å². The molecule has 0 aromatic heterocycles. The third kappa shape index (κ3) is 34.8. The summed E-state index contributed by atoms with van der Waals surface area (Å²) >= 11 is 4.10. The summed E-state index contributed by atoms with van der Waals surface area (Å²) in [6.07, 6.45) is 4.44. The number of hydrogen-bond acceptors (Lipinski definition) is 16. The number of rotatable bonds is 30. The van der Waals surface area contributed by atoms with Crippen LogP contribution < -0.4 is 22.1 Å². The average Bonchev–Trinajstić information content (AvgIpc) is 3.97. The van der Waals surface area contributed by atoms with E-state index in [1.54, 1.807) is 56.9 Å². The molecule has 0 saturated carbocycles. The molecule has 0 bridgehead atoms. The molecular formula is C31H80N4O11SSi4. The summed E-state index contributed by atoms with van der Waals surface area (Å²) in [5.41, 5.74) is 10.7. The second-order valence-electron chi connectivity index (χ2n) is 13.0. The number of nitrogens with one attached hydrogen (secondary N) is 2. The van der Waals surface area contributed by atoms with Crippen LogP contribution in [-0.4, -0.2) is 162 Å². The molecule has 0 spiro atoms. The van der Waals surface area contributed by atoms with Crippen molar-refractivity contribution < 1.29 is 49.9 Å². The van der Waals surface area contributed by atoms with Gasteiger partial charge < -0.3 is 62.2 Å². The SMILES string of the molecule is CO[Si](C)(CCCNCCN)OC.CO[Si](CCCNCCN)(OC)OC.CO[Si](CCCS)(OC)OC.C[Si](C)(C)CCCOOCC1CO1. The van der Waals surface area contributed by atoms with Gasteiger partial charge in [0.25, 0.3) is 0 Å². The zero-order chi connectivity index (χ0) is 39.5. The summed E-state index contributed by atoms with van der Waals surface area (Å²) in [7, 11) is 5.86. The molecule has 20 heteroatoms. The fraction of sp³-hybridized carbons (Fsp3) is 1.00. The average molecular weight is 829 g/mol. The molecule has 1 aliphatic rings. The molecule has 0 aromatic carbocycles. The van der Waals surface area contributed by atoms with E-state index in [0.717, 1.165) is 89.0 Å². The van der Waals surface area contributed by atoms with Crippen LogP contribution in [0.1, 0.15) is 25.7 Å². The van der Waals surface area contributed by atoms with Gasteiger partial charge in [0.05, 0.1) is 13.2 Å². The number of ether oxygens (including phenoxy) is 1. The maximum atomic E-state index is 5.36. The predicted molar refractivity (Wildman–Crippen MR) is 220 cm³/mol. The van der Waals surface area contributed by atoms with Crippen LogP contribution >= 0.6 is 12.6 Å². The molecule has 1 aliphatic heterocycles. The highest BCUT2D eigenvalue weighted by Crippen LogP contribution is 2.16. The largest absolute Gasteiger partial charge is 0.500 e. The lowest BCUT2D eigenvalue weighted by Crippen LogP contribution is -2.43. The van der Waals surface area contributed by atoms with Crippen molar-refractivity contribution in [2.45, 2.75) is 82.2 Å². The van der Waals surface area contributed by atoms with Gasteiger partial charge >= 0.3 is 26.2 Å². The highest BCUT2D eigenvalue weighted by atomic mass is 32.1. The van der Waals surface area contributed by atoms with Gasteiger partial charge in [0.15, 0.2) is 0 Å². The van der Waals surface area contributed by atoms with Gasteiger partial charge in [-0.05, 0) is 57.1 Å². The molecule has 1 rings (SSSR count). The molecule has 1 heterocycles. The molecule has 6 N–H and O–H groups in total. The standard InChI is InChI=1S/C9H20O3Si.C8H22N2O3Si.C8H22N2O2Si.C6H16O3SSi/c1-13(2,3)6-4-5-11-12-8-9-7-10-9;1-11-14(12-2,13-3)8-4-6-10-7-5-9;1-11-13(3,12-2)8-4-6-10-7-5-9;1-7-11(8-2,9-3)6-4-5-10/h9H,4-8H2,1-3H3;10H,4-9H2,1-3H3;10H,4-9H2,1-3H3;10H,4-6H2,1-3H3. The Labute approximate surface area is 321 Å². The molecule has 1 saturated heterocycles. The Morgan fingerprint density at radius 3 is 1.37 bits per heavy atom. The Hall–Kier alpha value is 0.618. The maximum absolute atomic E-state index is 5.36. The van der Waals surface area contributed by atoms with Crippen molar-refractivity contribution in [3.63, 3.8) is 0 Å². The highest BCUT2D eigenvalue weighted by Gasteiger charge is 2.37. The Bertz CT molecular complexity index is 713. The van der Waals surface area contributed by atoms with Gasteiger partial charge in [0.1, 0.15) is 12.7 Å². The van der Waals surface area contributed by atoms with E-state index < -0.39 is 34.2 Å². The van der Waals surface area contributed by atoms with Crippen LogP contribution in [0.3, 0.4) is 0 Å². The first-order valence-electron chi connectivity index (χ1n) is 17.9. The van der Waals surface area contributed by atoms with E-state index >= 15 is 0 Å². The molecule has 1 fully saturated rings. The van der Waals surface area contributed by atoms with E-state index in [4.69, 9.17) is 61.4 Å². The lowest BCUT2D eigenvalue weighted by Gasteiger charge is -2.24. The molecule has 0 amide bonds. The second kappa shape index (κ2) is 36.3. The first-order valence-corrected chi connectivity index (χ1v) is 28.7. The lowest BCUT2D eigenvalue weighted by atomic mass is 10.5. The maximum Gasteiger partial charge on any atom is 0.500 e. The van der Waals surface area contributed by atoms with Gasteiger partial charge in [-0.15, -0.1) is 0 Å². The third-order valence-corrected chi connectivity index (χ3v) is 18.6. The predicted octanol–water partition coefficient (Wildman–Crippen LogP) is 3.34.